The summed E-state index contributed by atoms with van der Waals surface area (Å²) in [7, 11) is 4.75. The molecule has 0 bridgehead atoms. The van der Waals surface area contributed by atoms with Crippen molar-refractivity contribution in [2.75, 3.05) is 20.8 Å². The molecular formula is C21H24N2O4. The van der Waals surface area contributed by atoms with E-state index in [2.05, 4.69) is 0 Å². The summed E-state index contributed by atoms with van der Waals surface area (Å²) in [6.07, 6.45) is 0.725. The lowest BCUT2D eigenvalue weighted by Crippen LogP contribution is -2.30. The highest BCUT2D eigenvalue weighted by atomic mass is 16.5. The van der Waals surface area contributed by atoms with Crippen LogP contribution in [0.3, 0.4) is 0 Å². The fourth-order valence-corrected chi connectivity index (χ4v) is 3.17. The van der Waals surface area contributed by atoms with Crippen LogP contribution in [0.15, 0.2) is 48.5 Å². The molecule has 0 aliphatic rings. The molecule has 142 valence electrons. The van der Waals surface area contributed by atoms with Crippen LogP contribution in [0.2, 0.25) is 0 Å². The van der Waals surface area contributed by atoms with Crippen molar-refractivity contribution in [3.63, 3.8) is 0 Å². The number of benzene rings is 2. The highest BCUT2D eigenvalue weighted by Crippen LogP contribution is 2.35. The average molecular weight is 368 g/mol. The highest BCUT2D eigenvalue weighted by molar-refractivity contribution is 6.00. The summed E-state index contributed by atoms with van der Waals surface area (Å²) in [6.45, 7) is 0.360. The van der Waals surface area contributed by atoms with Crippen LogP contribution >= 0.6 is 0 Å². The number of hydrogen-bond donors (Lipinski definition) is 1. The molecular weight excluding hydrogens is 344 g/mol. The third-order valence-electron chi connectivity index (χ3n) is 4.53. The number of carbonyl (C=O) groups is 1. The third kappa shape index (κ3) is 3.90. The Morgan fingerprint density at radius 2 is 1.81 bits per heavy atom. The standard InChI is InChI=1S/C21H24N2O4/c1-23-17(21(24)26-3)12-16-18(9-10-19(25-2)20(16)23)27-13-15(22)11-14-7-5-4-6-8-14/h4-10,12,15H,11,13,22H2,1-3H3/t15-/m0/s1. The Morgan fingerprint density at radius 3 is 2.48 bits per heavy atom. The summed E-state index contributed by atoms with van der Waals surface area (Å²) in [6, 6.07) is 15.3. The number of nitrogens with zero attached hydrogens (tertiary/aromatic N) is 1. The topological polar surface area (TPSA) is 75.7 Å². The molecule has 1 aromatic heterocycles. The summed E-state index contributed by atoms with van der Waals surface area (Å²) in [5, 5.41) is 0.782. The maximum atomic E-state index is 12.0. The van der Waals surface area contributed by atoms with Gasteiger partial charge in [-0.3, -0.25) is 0 Å². The number of fused-ring (bicyclic) bond motifs is 1. The Hall–Kier alpha value is -2.99. The second-order valence-corrected chi connectivity index (χ2v) is 6.37. The smallest absolute Gasteiger partial charge is 0.354 e. The Labute approximate surface area is 158 Å². The molecule has 1 heterocycles. The molecule has 2 N–H and O–H groups in total. The van der Waals surface area contributed by atoms with Gasteiger partial charge in [0.25, 0.3) is 0 Å². The van der Waals surface area contributed by atoms with Gasteiger partial charge >= 0.3 is 5.97 Å². The fourth-order valence-electron chi connectivity index (χ4n) is 3.17. The molecule has 1 atom stereocenters. The van der Waals surface area contributed by atoms with Crippen LogP contribution in [0.25, 0.3) is 10.9 Å². The third-order valence-corrected chi connectivity index (χ3v) is 4.53. The van der Waals surface area contributed by atoms with E-state index in [4.69, 9.17) is 19.9 Å². The molecule has 0 aliphatic heterocycles. The van der Waals surface area contributed by atoms with E-state index < -0.39 is 5.97 Å². The highest BCUT2D eigenvalue weighted by Gasteiger charge is 2.20. The van der Waals surface area contributed by atoms with Crippen molar-refractivity contribution in [2.24, 2.45) is 12.8 Å². The van der Waals surface area contributed by atoms with Gasteiger partial charge in [-0.1, -0.05) is 30.3 Å². The lowest BCUT2D eigenvalue weighted by Gasteiger charge is -2.15. The summed E-state index contributed by atoms with van der Waals surface area (Å²) < 4.78 is 18.0. The largest absolute Gasteiger partial charge is 0.495 e. The van der Waals surface area contributed by atoms with E-state index in [0.29, 0.717) is 23.8 Å². The minimum atomic E-state index is -0.414. The summed E-state index contributed by atoms with van der Waals surface area (Å²) in [5.74, 6) is 0.895. The van der Waals surface area contributed by atoms with Gasteiger partial charge in [0.1, 0.15) is 23.8 Å². The van der Waals surface area contributed by atoms with Gasteiger partial charge in [-0.2, -0.15) is 0 Å². The first-order chi connectivity index (χ1) is 13.0. The van der Waals surface area contributed by atoms with Crippen LogP contribution in [0, 0.1) is 0 Å². The number of aromatic nitrogens is 1. The van der Waals surface area contributed by atoms with Crippen molar-refractivity contribution in [2.45, 2.75) is 12.5 Å². The molecule has 27 heavy (non-hydrogen) atoms. The van der Waals surface area contributed by atoms with E-state index in [-0.39, 0.29) is 6.04 Å². The van der Waals surface area contributed by atoms with Gasteiger partial charge in [0.05, 0.1) is 19.7 Å². The SMILES string of the molecule is COC(=O)c1cc2c(OC[C@@H](N)Cc3ccccc3)ccc(OC)c2n1C. The Bertz CT molecular complexity index is 934. The van der Waals surface area contributed by atoms with Crippen molar-refractivity contribution in [3.8, 4) is 11.5 Å². The molecule has 0 fully saturated rings. The molecule has 0 unspecified atom stereocenters. The second-order valence-electron chi connectivity index (χ2n) is 6.37. The van der Waals surface area contributed by atoms with Crippen molar-refractivity contribution in [3.05, 3.63) is 59.8 Å². The van der Waals surface area contributed by atoms with Gasteiger partial charge in [0.15, 0.2) is 0 Å². The number of ether oxygens (including phenoxy) is 3. The van der Waals surface area contributed by atoms with Gasteiger partial charge in [0.2, 0.25) is 0 Å². The molecule has 0 saturated carbocycles. The van der Waals surface area contributed by atoms with Crippen molar-refractivity contribution >= 4 is 16.9 Å². The van der Waals surface area contributed by atoms with E-state index in [1.807, 2.05) is 42.5 Å². The number of carbonyl (C=O) groups excluding carboxylic acids is 1. The Kier molecular flexibility index (Phi) is 5.66. The van der Waals surface area contributed by atoms with E-state index in [9.17, 15) is 4.79 Å². The first-order valence-corrected chi connectivity index (χ1v) is 8.72. The zero-order valence-electron chi connectivity index (χ0n) is 15.8. The van der Waals surface area contributed by atoms with Crippen LogP contribution in [-0.4, -0.2) is 37.4 Å². The molecule has 0 amide bonds. The van der Waals surface area contributed by atoms with Crippen molar-refractivity contribution in [1.82, 2.24) is 4.57 Å². The van der Waals surface area contributed by atoms with Gasteiger partial charge in [-0.05, 0) is 30.2 Å². The van der Waals surface area contributed by atoms with Crippen molar-refractivity contribution < 1.29 is 19.0 Å². The fraction of sp³-hybridized carbons (Fsp3) is 0.286. The number of methoxy groups -OCH3 is 2. The number of hydrogen-bond acceptors (Lipinski definition) is 5. The molecule has 0 aliphatic carbocycles. The first kappa shape index (κ1) is 18.8. The van der Waals surface area contributed by atoms with Gasteiger partial charge in [0, 0.05) is 18.5 Å². The maximum Gasteiger partial charge on any atom is 0.354 e. The van der Waals surface area contributed by atoms with Crippen LogP contribution in [-0.2, 0) is 18.2 Å². The normalized spacial score (nSPS) is 12.0. The zero-order valence-corrected chi connectivity index (χ0v) is 15.8. The first-order valence-electron chi connectivity index (χ1n) is 8.72. The molecule has 3 rings (SSSR count). The van der Waals surface area contributed by atoms with Crippen LogP contribution in [0.4, 0.5) is 0 Å². The lowest BCUT2D eigenvalue weighted by atomic mass is 10.1. The van der Waals surface area contributed by atoms with Crippen molar-refractivity contribution in [1.29, 1.82) is 0 Å². The average Bonchev–Trinajstić information content (AvgIpc) is 3.04. The summed E-state index contributed by atoms with van der Waals surface area (Å²) >= 11 is 0. The molecule has 0 spiro atoms. The minimum absolute atomic E-state index is 0.145. The van der Waals surface area contributed by atoms with Gasteiger partial charge < -0.3 is 24.5 Å². The van der Waals surface area contributed by atoms with E-state index in [1.165, 1.54) is 12.7 Å². The molecule has 3 aromatic rings. The molecule has 0 saturated heterocycles. The Balaban J connectivity index is 1.85. The number of aryl methyl sites for hydroxylation is 1. The maximum absolute atomic E-state index is 12.0. The molecule has 6 nitrogen and oxygen atoms in total. The second kappa shape index (κ2) is 8.14. The van der Waals surface area contributed by atoms with Gasteiger partial charge in [-0.25, -0.2) is 4.79 Å². The number of esters is 1. The van der Waals surface area contributed by atoms with E-state index >= 15 is 0 Å². The molecule has 0 radical (unpaired) electrons. The monoisotopic (exact) mass is 368 g/mol. The Morgan fingerprint density at radius 1 is 1.11 bits per heavy atom. The van der Waals surface area contributed by atoms with Gasteiger partial charge in [-0.15, -0.1) is 0 Å². The molecule has 6 heteroatoms. The quantitative estimate of drug-likeness (QED) is 0.649. The van der Waals surface area contributed by atoms with Crippen LogP contribution in [0.5, 0.6) is 11.5 Å². The lowest BCUT2D eigenvalue weighted by molar-refractivity contribution is 0.0590. The summed E-state index contributed by atoms with van der Waals surface area (Å²) in [5.41, 5.74) is 8.59. The number of rotatable bonds is 7. The number of nitrogens with two attached hydrogens (primary N) is 1. The molecule has 2 aromatic carbocycles. The predicted molar refractivity (Wildman–Crippen MR) is 104 cm³/mol. The van der Waals surface area contributed by atoms with E-state index in [1.54, 1.807) is 24.8 Å². The summed E-state index contributed by atoms with van der Waals surface area (Å²) in [4.78, 5) is 12.0. The van der Waals surface area contributed by atoms with E-state index in [0.717, 1.165) is 17.3 Å². The minimum Gasteiger partial charge on any atom is -0.495 e. The predicted octanol–water partition coefficient (Wildman–Crippen LogP) is 2.92. The zero-order chi connectivity index (χ0) is 19.4. The van der Waals surface area contributed by atoms with Crippen LogP contribution in [0.1, 0.15) is 16.1 Å². The van der Waals surface area contributed by atoms with Crippen LogP contribution < -0.4 is 15.2 Å².